The van der Waals surface area contributed by atoms with Gasteiger partial charge in [0.15, 0.2) is 0 Å². The molecule has 0 bridgehead atoms. The molecule has 0 aliphatic carbocycles. The molecule has 2 N–H and O–H groups in total. The van der Waals surface area contributed by atoms with Crippen molar-refractivity contribution >= 4 is 22.9 Å². The predicted octanol–water partition coefficient (Wildman–Crippen LogP) is 2.71. The third-order valence-corrected chi connectivity index (χ3v) is 5.35. The van der Waals surface area contributed by atoms with Gasteiger partial charge in [0.05, 0.1) is 11.0 Å². The van der Waals surface area contributed by atoms with E-state index in [-0.39, 0.29) is 25.2 Å². The third kappa shape index (κ3) is 3.86. The summed E-state index contributed by atoms with van der Waals surface area (Å²) in [6.45, 7) is 0.659. The minimum Gasteiger partial charge on any atom is -0.480 e. The Balaban J connectivity index is 1.55. The Morgan fingerprint density at radius 3 is 2.48 bits per heavy atom. The van der Waals surface area contributed by atoms with Crippen molar-refractivity contribution in [1.82, 2.24) is 14.9 Å². The fraction of sp³-hybridized carbons (Fsp3) is 0.318. The first-order valence-electron chi connectivity index (χ1n) is 9.73. The van der Waals surface area contributed by atoms with Crippen LogP contribution < -0.4 is 5.32 Å². The summed E-state index contributed by atoms with van der Waals surface area (Å²) in [5, 5.41) is 12.4. The number of rotatable bonds is 6. The summed E-state index contributed by atoms with van der Waals surface area (Å²) >= 11 is 0. The highest BCUT2D eigenvalue weighted by molar-refractivity contribution is 5.87. The maximum Gasteiger partial charge on any atom is 0.329 e. The number of para-hydroxylation sites is 3. The fourth-order valence-electron chi connectivity index (χ4n) is 3.78. The smallest absolute Gasteiger partial charge is 0.329 e. The molecule has 1 aliphatic heterocycles. The number of carboxylic acids is 1. The van der Waals surface area contributed by atoms with Crippen LogP contribution in [0.25, 0.3) is 16.7 Å². The van der Waals surface area contributed by atoms with Crippen LogP contribution in [0.4, 0.5) is 0 Å². The maximum atomic E-state index is 12.6. The largest absolute Gasteiger partial charge is 0.480 e. The highest BCUT2D eigenvalue weighted by Crippen LogP contribution is 2.24. The van der Waals surface area contributed by atoms with Gasteiger partial charge >= 0.3 is 5.97 Å². The molecule has 2 aromatic carbocycles. The molecule has 1 fully saturated rings. The van der Waals surface area contributed by atoms with Gasteiger partial charge in [0.2, 0.25) is 5.91 Å². The number of carbonyl (C=O) groups is 2. The second-order valence-corrected chi connectivity index (χ2v) is 7.24. The van der Waals surface area contributed by atoms with Crippen molar-refractivity contribution in [2.75, 3.05) is 13.2 Å². The lowest BCUT2D eigenvalue weighted by Crippen LogP contribution is -2.57. The Labute approximate surface area is 168 Å². The summed E-state index contributed by atoms with van der Waals surface area (Å²) in [5.74, 6) is -0.532. The first kappa shape index (κ1) is 19.1. The summed E-state index contributed by atoms with van der Waals surface area (Å²) in [7, 11) is 0. The molecule has 4 rings (SSSR count). The van der Waals surface area contributed by atoms with Crippen LogP contribution in [0.5, 0.6) is 0 Å². The van der Waals surface area contributed by atoms with Crippen molar-refractivity contribution in [3.8, 4) is 5.69 Å². The number of hydrogen-bond acceptors (Lipinski definition) is 4. The number of imidazole rings is 1. The van der Waals surface area contributed by atoms with Crippen molar-refractivity contribution in [3.63, 3.8) is 0 Å². The van der Waals surface area contributed by atoms with E-state index in [0.717, 1.165) is 22.5 Å². The van der Waals surface area contributed by atoms with Crippen molar-refractivity contribution in [1.29, 1.82) is 0 Å². The zero-order valence-electron chi connectivity index (χ0n) is 16.0. The van der Waals surface area contributed by atoms with Gasteiger partial charge < -0.3 is 15.2 Å². The van der Waals surface area contributed by atoms with Crippen molar-refractivity contribution in [3.05, 3.63) is 60.4 Å². The number of nitrogens with one attached hydrogen (secondary N) is 1. The summed E-state index contributed by atoms with van der Waals surface area (Å²) < 4.78 is 7.30. The van der Waals surface area contributed by atoms with Gasteiger partial charge in [-0.2, -0.15) is 0 Å². The molecule has 0 atom stereocenters. The lowest BCUT2D eigenvalue weighted by atomic mass is 9.90. The second-order valence-electron chi connectivity index (χ2n) is 7.24. The van der Waals surface area contributed by atoms with Gasteiger partial charge in [0.1, 0.15) is 11.4 Å². The monoisotopic (exact) mass is 393 g/mol. The van der Waals surface area contributed by atoms with E-state index in [1.807, 2.05) is 59.2 Å². The minimum atomic E-state index is -1.24. The molecule has 1 aromatic heterocycles. The number of ether oxygens (including phenoxy) is 1. The molecule has 0 spiro atoms. The van der Waals surface area contributed by atoms with Crippen LogP contribution in [-0.2, 0) is 20.7 Å². The van der Waals surface area contributed by atoms with Crippen LogP contribution in [-0.4, -0.2) is 45.3 Å². The van der Waals surface area contributed by atoms with Crippen LogP contribution in [0, 0.1) is 0 Å². The number of aliphatic carboxylic acids is 1. The van der Waals surface area contributed by atoms with E-state index in [4.69, 9.17) is 9.72 Å². The topological polar surface area (TPSA) is 93.5 Å². The molecule has 2 heterocycles. The Bertz CT molecular complexity index is 1020. The van der Waals surface area contributed by atoms with Gasteiger partial charge in [-0.05, 0) is 24.3 Å². The minimum absolute atomic E-state index is 0.159. The van der Waals surface area contributed by atoms with Gasteiger partial charge in [0.25, 0.3) is 0 Å². The third-order valence-electron chi connectivity index (χ3n) is 5.35. The molecule has 7 nitrogen and oxygen atoms in total. The van der Waals surface area contributed by atoms with E-state index in [2.05, 4.69) is 5.32 Å². The number of benzene rings is 2. The standard InChI is InChI=1S/C22H23N3O4/c26-20(24-22(21(27)28)12-14-29-15-13-22)11-10-19-23-17-8-4-5-9-18(17)25(19)16-6-2-1-3-7-16/h1-9H,10-15H2,(H,24,26)(H,27,28). The van der Waals surface area contributed by atoms with E-state index in [0.29, 0.717) is 19.6 Å². The lowest BCUT2D eigenvalue weighted by Gasteiger charge is -2.33. The molecule has 1 amide bonds. The molecule has 150 valence electrons. The zero-order valence-corrected chi connectivity index (χ0v) is 16.0. The van der Waals surface area contributed by atoms with Gasteiger partial charge in [-0.1, -0.05) is 30.3 Å². The quantitative estimate of drug-likeness (QED) is 0.672. The lowest BCUT2D eigenvalue weighted by molar-refractivity contribution is -0.152. The summed E-state index contributed by atoms with van der Waals surface area (Å²) in [6, 6.07) is 17.7. The van der Waals surface area contributed by atoms with E-state index < -0.39 is 11.5 Å². The number of amides is 1. The molecule has 7 heteroatoms. The van der Waals surface area contributed by atoms with Crippen LogP contribution in [0.3, 0.4) is 0 Å². The highest BCUT2D eigenvalue weighted by Gasteiger charge is 2.41. The van der Waals surface area contributed by atoms with Gasteiger partial charge in [-0.25, -0.2) is 9.78 Å². The molecule has 0 radical (unpaired) electrons. The molecule has 1 aliphatic rings. The average Bonchev–Trinajstić information content (AvgIpc) is 3.12. The molecule has 3 aromatic rings. The SMILES string of the molecule is O=C(CCc1nc2ccccc2n1-c1ccccc1)NC1(C(=O)O)CCOCC1. The number of hydrogen-bond donors (Lipinski definition) is 2. The van der Waals surface area contributed by atoms with Gasteiger partial charge in [-0.3, -0.25) is 9.36 Å². The van der Waals surface area contributed by atoms with Crippen LogP contribution >= 0.6 is 0 Å². The van der Waals surface area contributed by atoms with Crippen LogP contribution in [0.15, 0.2) is 54.6 Å². The molecule has 0 saturated carbocycles. The molecule has 1 saturated heterocycles. The van der Waals surface area contributed by atoms with Crippen LogP contribution in [0.2, 0.25) is 0 Å². The first-order chi connectivity index (χ1) is 14.1. The fourth-order valence-corrected chi connectivity index (χ4v) is 3.78. The summed E-state index contributed by atoms with van der Waals surface area (Å²) in [5.41, 5.74) is 1.57. The van der Waals surface area contributed by atoms with E-state index in [9.17, 15) is 14.7 Å². The molecular weight excluding hydrogens is 370 g/mol. The van der Waals surface area contributed by atoms with Gasteiger partial charge in [-0.15, -0.1) is 0 Å². The number of fused-ring (bicyclic) bond motifs is 1. The number of aromatic nitrogens is 2. The number of carboxylic acid groups (broad SMARTS) is 1. The van der Waals surface area contributed by atoms with Gasteiger partial charge in [0, 0.05) is 44.6 Å². The first-order valence-corrected chi connectivity index (χ1v) is 9.73. The van der Waals surface area contributed by atoms with Crippen LogP contribution in [0.1, 0.15) is 25.1 Å². The summed E-state index contributed by atoms with van der Waals surface area (Å²) in [4.78, 5) is 29.1. The van der Waals surface area contributed by atoms with E-state index in [1.165, 1.54) is 0 Å². The maximum absolute atomic E-state index is 12.6. The number of aryl methyl sites for hydroxylation is 1. The second kappa shape index (κ2) is 8.05. The summed E-state index contributed by atoms with van der Waals surface area (Å²) in [6.07, 6.45) is 1.11. The number of nitrogens with zero attached hydrogens (tertiary/aromatic N) is 2. The Morgan fingerprint density at radius 1 is 1.07 bits per heavy atom. The van der Waals surface area contributed by atoms with Crippen molar-refractivity contribution in [2.45, 2.75) is 31.2 Å². The normalized spacial score (nSPS) is 15.9. The molecule has 29 heavy (non-hydrogen) atoms. The molecule has 0 unspecified atom stereocenters. The zero-order chi connectivity index (χ0) is 20.3. The highest BCUT2D eigenvalue weighted by atomic mass is 16.5. The number of carbonyl (C=O) groups excluding carboxylic acids is 1. The Morgan fingerprint density at radius 2 is 1.76 bits per heavy atom. The average molecular weight is 393 g/mol. The van der Waals surface area contributed by atoms with Crippen molar-refractivity contribution in [2.24, 2.45) is 0 Å². The Kier molecular flexibility index (Phi) is 5.31. The molecular formula is C22H23N3O4. The van der Waals surface area contributed by atoms with E-state index >= 15 is 0 Å². The predicted molar refractivity (Wildman–Crippen MR) is 108 cm³/mol. The Hall–Kier alpha value is -3.19. The van der Waals surface area contributed by atoms with Crippen molar-refractivity contribution < 1.29 is 19.4 Å². The van der Waals surface area contributed by atoms with E-state index in [1.54, 1.807) is 0 Å².